The van der Waals surface area contributed by atoms with Crippen LogP contribution in [0.5, 0.6) is 0 Å². The van der Waals surface area contributed by atoms with Crippen LogP contribution in [0.1, 0.15) is 34.3 Å². The number of hydrogen-bond donors (Lipinski definition) is 2. The van der Waals surface area contributed by atoms with Gasteiger partial charge in [-0.05, 0) is 30.4 Å². The molecule has 1 unspecified atom stereocenters. The van der Waals surface area contributed by atoms with Crippen LogP contribution in [0.25, 0.3) is 0 Å². The summed E-state index contributed by atoms with van der Waals surface area (Å²) in [6.07, 6.45) is 5.58. The highest BCUT2D eigenvalue weighted by Crippen LogP contribution is 2.19. The molecule has 3 heterocycles. The van der Waals surface area contributed by atoms with Crippen LogP contribution in [-0.2, 0) is 24.8 Å². The molecule has 27 heavy (non-hydrogen) atoms. The minimum Gasteiger partial charge on any atom is -0.349 e. The summed E-state index contributed by atoms with van der Waals surface area (Å²) >= 11 is 0. The van der Waals surface area contributed by atoms with Crippen LogP contribution in [0.2, 0.25) is 0 Å². The summed E-state index contributed by atoms with van der Waals surface area (Å²) < 4.78 is 1.62. The fourth-order valence-electron chi connectivity index (χ4n) is 3.90. The first-order valence-corrected chi connectivity index (χ1v) is 9.48. The summed E-state index contributed by atoms with van der Waals surface area (Å²) in [6, 6.07) is 8.23. The van der Waals surface area contributed by atoms with E-state index in [1.54, 1.807) is 24.1 Å². The van der Waals surface area contributed by atoms with E-state index >= 15 is 0 Å². The molecule has 0 aliphatic carbocycles. The molecular formula is C20H25N5O2. The molecule has 142 valence electrons. The zero-order valence-electron chi connectivity index (χ0n) is 15.5. The Hall–Kier alpha value is -2.67. The number of nitrogens with one attached hydrogen (secondary N) is 2. The topological polar surface area (TPSA) is 79.3 Å². The van der Waals surface area contributed by atoms with Crippen molar-refractivity contribution in [3.63, 3.8) is 0 Å². The Labute approximate surface area is 158 Å². The third-order valence-electron chi connectivity index (χ3n) is 5.49. The molecule has 0 radical (unpaired) electrons. The number of nitrogens with zero attached hydrogens (tertiary/aromatic N) is 3. The van der Waals surface area contributed by atoms with Crippen molar-refractivity contribution in [2.24, 2.45) is 7.05 Å². The lowest BCUT2D eigenvalue weighted by Gasteiger charge is -2.36. The molecule has 4 rings (SSSR count). The summed E-state index contributed by atoms with van der Waals surface area (Å²) in [5.41, 5.74) is 3.10. The number of benzene rings is 1. The Morgan fingerprint density at radius 2 is 1.93 bits per heavy atom. The van der Waals surface area contributed by atoms with E-state index in [2.05, 4.69) is 27.9 Å². The number of amides is 2. The van der Waals surface area contributed by atoms with Crippen LogP contribution >= 0.6 is 0 Å². The van der Waals surface area contributed by atoms with Crippen LogP contribution < -0.4 is 10.6 Å². The highest BCUT2D eigenvalue weighted by molar-refractivity contribution is 5.93. The molecule has 2 N–H and O–H groups in total. The number of aromatic nitrogens is 2. The smallest absolute Gasteiger partial charge is 0.254 e. The maximum Gasteiger partial charge on any atom is 0.254 e. The van der Waals surface area contributed by atoms with Gasteiger partial charge in [-0.3, -0.25) is 14.3 Å². The van der Waals surface area contributed by atoms with Gasteiger partial charge in [0.1, 0.15) is 0 Å². The van der Waals surface area contributed by atoms with Crippen molar-refractivity contribution in [3.8, 4) is 0 Å². The standard InChI is InChI=1S/C20H25N5O2/c1-24-13-16(12-22-24)19(26)23-17-6-8-25(9-7-17)20(27)18-10-14-4-2-3-5-15(14)11-21-18/h2-5,12-13,17-18,21H,6-11H2,1H3,(H,23,26). The Morgan fingerprint density at radius 1 is 1.19 bits per heavy atom. The number of carbonyl (C=O) groups excluding carboxylic acids is 2. The van der Waals surface area contributed by atoms with E-state index in [0.29, 0.717) is 18.7 Å². The number of rotatable bonds is 3. The van der Waals surface area contributed by atoms with Gasteiger partial charge in [0.25, 0.3) is 5.91 Å². The third-order valence-corrected chi connectivity index (χ3v) is 5.49. The van der Waals surface area contributed by atoms with Crippen molar-refractivity contribution in [3.05, 3.63) is 53.3 Å². The number of likely N-dealkylation sites (tertiary alicyclic amines) is 1. The molecule has 1 fully saturated rings. The highest BCUT2D eigenvalue weighted by Gasteiger charge is 2.31. The van der Waals surface area contributed by atoms with Crippen LogP contribution in [-0.4, -0.2) is 51.7 Å². The quantitative estimate of drug-likeness (QED) is 0.843. The van der Waals surface area contributed by atoms with E-state index in [0.717, 1.165) is 25.8 Å². The molecule has 1 aromatic heterocycles. The predicted octanol–water partition coefficient (Wildman–Crippen LogP) is 0.855. The molecule has 1 aromatic carbocycles. The molecular weight excluding hydrogens is 342 g/mol. The zero-order chi connectivity index (χ0) is 18.8. The monoisotopic (exact) mass is 367 g/mol. The van der Waals surface area contributed by atoms with Crippen molar-refractivity contribution in [1.82, 2.24) is 25.3 Å². The molecule has 2 aliphatic rings. The molecule has 7 nitrogen and oxygen atoms in total. The predicted molar refractivity (Wildman–Crippen MR) is 101 cm³/mol. The number of carbonyl (C=O) groups is 2. The van der Waals surface area contributed by atoms with Gasteiger partial charge >= 0.3 is 0 Å². The van der Waals surface area contributed by atoms with Gasteiger partial charge in [0.15, 0.2) is 0 Å². The summed E-state index contributed by atoms with van der Waals surface area (Å²) in [5, 5.41) is 10.5. The van der Waals surface area contributed by atoms with Crippen molar-refractivity contribution in [2.45, 2.75) is 37.9 Å². The van der Waals surface area contributed by atoms with Crippen LogP contribution in [0.4, 0.5) is 0 Å². The molecule has 0 spiro atoms. The minimum absolute atomic E-state index is 0.0987. The van der Waals surface area contributed by atoms with Crippen LogP contribution in [0.15, 0.2) is 36.7 Å². The maximum atomic E-state index is 12.9. The second-order valence-electron chi connectivity index (χ2n) is 7.38. The fourth-order valence-corrected chi connectivity index (χ4v) is 3.90. The molecule has 2 aromatic rings. The van der Waals surface area contributed by atoms with Gasteiger partial charge in [0.2, 0.25) is 5.91 Å². The number of fused-ring (bicyclic) bond motifs is 1. The lowest BCUT2D eigenvalue weighted by atomic mass is 9.94. The van der Waals surface area contributed by atoms with Crippen molar-refractivity contribution < 1.29 is 9.59 Å². The normalized spacial score (nSPS) is 20.2. The fraction of sp³-hybridized carbons (Fsp3) is 0.450. The number of piperidine rings is 1. The summed E-state index contributed by atoms with van der Waals surface area (Å²) in [5.74, 6) is 0.0694. The minimum atomic E-state index is -0.151. The Balaban J connectivity index is 1.29. The van der Waals surface area contributed by atoms with Gasteiger partial charge in [-0.2, -0.15) is 5.10 Å². The van der Waals surface area contributed by atoms with Gasteiger partial charge in [0.05, 0.1) is 17.8 Å². The van der Waals surface area contributed by atoms with Crippen molar-refractivity contribution >= 4 is 11.8 Å². The van der Waals surface area contributed by atoms with E-state index in [-0.39, 0.29) is 23.9 Å². The molecule has 1 saturated heterocycles. The number of aryl methyl sites for hydroxylation is 1. The Bertz CT molecular complexity index is 838. The highest BCUT2D eigenvalue weighted by atomic mass is 16.2. The molecule has 0 bridgehead atoms. The van der Waals surface area contributed by atoms with Gasteiger partial charge < -0.3 is 15.5 Å². The first kappa shape index (κ1) is 17.7. The maximum absolute atomic E-state index is 12.9. The number of hydrogen-bond acceptors (Lipinski definition) is 4. The molecule has 2 amide bonds. The van der Waals surface area contributed by atoms with Gasteiger partial charge in [-0.25, -0.2) is 0 Å². The molecule has 1 atom stereocenters. The second kappa shape index (κ2) is 7.52. The molecule has 0 saturated carbocycles. The Kier molecular flexibility index (Phi) is 4.94. The van der Waals surface area contributed by atoms with E-state index in [1.807, 2.05) is 17.0 Å². The first-order valence-electron chi connectivity index (χ1n) is 9.48. The average molecular weight is 367 g/mol. The lowest BCUT2D eigenvalue weighted by molar-refractivity contribution is -0.134. The summed E-state index contributed by atoms with van der Waals surface area (Å²) in [6.45, 7) is 2.09. The third kappa shape index (κ3) is 3.88. The van der Waals surface area contributed by atoms with Gasteiger partial charge in [-0.15, -0.1) is 0 Å². The molecule has 2 aliphatic heterocycles. The lowest BCUT2D eigenvalue weighted by Crippen LogP contribution is -2.53. The van der Waals surface area contributed by atoms with E-state index in [4.69, 9.17) is 0 Å². The zero-order valence-corrected chi connectivity index (χ0v) is 15.5. The van der Waals surface area contributed by atoms with E-state index in [1.165, 1.54) is 11.1 Å². The van der Waals surface area contributed by atoms with Gasteiger partial charge in [-0.1, -0.05) is 24.3 Å². The first-order chi connectivity index (χ1) is 13.1. The van der Waals surface area contributed by atoms with Gasteiger partial charge in [0, 0.05) is 38.9 Å². The van der Waals surface area contributed by atoms with Crippen LogP contribution in [0, 0.1) is 0 Å². The summed E-state index contributed by atoms with van der Waals surface area (Å²) in [4.78, 5) is 27.1. The molecule has 7 heteroatoms. The van der Waals surface area contributed by atoms with Crippen molar-refractivity contribution in [2.75, 3.05) is 13.1 Å². The van der Waals surface area contributed by atoms with Crippen LogP contribution in [0.3, 0.4) is 0 Å². The Morgan fingerprint density at radius 3 is 2.63 bits per heavy atom. The van der Waals surface area contributed by atoms with Crippen molar-refractivity contribution in [1.29, 1.82) is 0 Å². The average Bonchev–Trinajstić information content (AvgIpc) is 3.14. The summed E-state index contributed by atoms with van der Waals surface area (Å²) in [7, 11) is 1.79. The van der Waals surface area contributed by atoms with E-state index < -0.39 is 0 Å². The largest absolute Gasteiger partial charge is 0.349 e. The second-order valence-corrected chi connectivity index (χ2v) is 7.38. The van der Waals surface area contributed by atoms with E-state index in [9.17, 15) is 9.59 Å². The SMILES string of the molecule is Cn1cc(C(=O)NC2CCN(C(=O)C3Cc4ccccc4CN3)CC2)cn1.